The van der Waals surface area contributed by atoms with E-state index in [-0.39, 0.29) is 19.6 Å². The van der Waals surface area contributed by atoms with Crippen LogP contribution in [0.5, 0.6) is 0 Å². The zero-order chi connectivity index (χ0) is 18.0. The molecule has 9 heteroatoms. The molecule has 3 rings (SSSR count). The first-order valence-electron chi connectivity index (χ1n) is 7.61. The average molecular weight is 371 g/mol. The van der Waals surface area contributed by atoms with E-state index in [0.29, 0.717) is 10.8 Å². The van der Waals surface area contributed by atoms with Gasteiger partial charge in [0.2, 0.25) is 0 Å². The molecule has 134 valence electrons. The predicted octanol–water partition coefficient (Wildman–Crippen LogP) is 3.58. The van der Waals surface area contributed by atoms with Gasteiger partial charge in [-0.15, -0.1) is 11.3 Å². The molecular formula is C16H16F3N3O2S. The molecule has 2 aromatic rings. The van der Waals surface area contributed by atoms with Gasteiger partial charge in [-0.1, -0.05) is 18.2 Å². The number of para-hydroxylation sites is 1. The zero-order valence-corrected chi connectivity index (χ0v) is 13.8. The van der Waals surface area contributed by atoms with Gasteiger partial charge in [0, 0.05) is 30.7 Å². The summed E-state index contributed by atoms with van der Waals surface area (Å²) in [7, 11) is 0. The van der Waals surface area contributed by atoms with Gasteiger partial charge in [0.25, 0.3) is 0 Å². The molecule has 2 atom stereocenters. The molecule has 2 N–H and O–H groups in total. The van der Waals surface area contributed by atoms with E-state index in [0.717, 1.165) is 5.69 Å². The van der Waals surface area contributed by atoms with Crippen LogP contribution >= 0.6 is 11.3 Å². The number of alkyl halides is 3. The van der Waals surface area contributed by atoms with Crippen molar-refractivity contribution in [3.8, 4) is 0 Å². The van der Waals surface area contributed by atoms with Crippen molar-refractivity contribution in [2.75, 3.05) is 18.4 Å². The predicted molar refractivity (Wildman–Crippen MR) is 87.8 cm³/mol. The number of halogens is 3. The van der Waals surface area contributed by atoms with Crippen molar-refractivity contribution in [2.45, 2.75) is 12.7 Å². The van der Waals surface area contributed by atoms with Gasteiger partial charge < -0.3 is 10.4 Å². The summed E-state index contributed by atoms with van der Waals surface area (Å²) in [5.41, 5.74) is 1.49. The Morgan fingerprint density at radius 2 is 2.04 bits per heavy atom. The summed E-state index contributed by atoms with van der Waals surface area (Å²) in [6.07, 6.45) is -4.51. The lowest BCUT2D eigenvalue weighted by molar-refractivity contribution is -0.188. The van der Waals surface area contributed by atoms with E-state index in [1.807, 2.05) is 30.3 Å². The number of nitrogens with zero attached hydrogens (tertiary/aromatic N) is 2. The number of carboxylic acids is 1. The molecule has 0 unspecified atom stereocenters. The Balaban J connectivity index is 1.64. The van der Waals surface area contributed by atoms with Crippen molar-refractivity contribution in [3.05, 3.63) is 41.4 Å². The number of aromatic nitrogens is 1. The van der Waals surface area contributed by atoms with E-state index in [2.05, 4.69) is 10.3 Å². The Kier molecular flexibility index (Phi) is 4.96. The highest BCUT2D eigenvalue weighted by atomic mass is 32.1. The summed E-state index contributed by atoms with van der Waals surface area (Å²) >= 11 is 1.35. The summed E-state index contributed by atoms with van der Waals surface area (Å²) in [6, 6.07) is 9.41. The molecule has 25 heavy (non-hydrogen) atoms. The van der Waals surface area contributed by atoms with Crippen LogP contribution in [0.15, 0.2) is 35.7 Å². The summed E-state index contributed by atoms with van der Waals surface area (Å²) < 4.78 is 39.0. The van der Waals surface area contributed by atoms with Crippen molar-refractivity contribution in [1.29, 1.82) is 0 Å². The third kappa shape index (κ3) is 4.29. The van der Waals surface area contributed by atoms with Crippen LogP contribution in [0.2, 0.25) is 0 Å². The first kappa shape index (κ1) is 17.7. The number of aliphatic carboxylic acids is 1. The Morgan fingerprint density at radius 1 is 1.32 bits per heavy atom. The number of hydrogen-bond donors (Lipinski definition) is 2. The molecule has 0 aliphatic carbocycles. The number of anilines is 2. The second-order valence-electron chi connectivity index (χ2n) is 5.92. The molecule has 1 aliphatic rings. The van der Waals surface area contributed by atoms with Crippen LogP contribution in [-0.4, -0.2) is 40.2 Å². The van der Waals surface area contributed by atoms with Gasteiger partial charge in [-0.2, -0.15) is 13.2 Å². The lowest BCUT2D eigenvalue weighted by Gasteiger charge is -2.18. The molecule has 0 amide bonds. The van der Waals surface area contributed by atoms with E-state index in [9.17, 15) is 18.0 Å². The number of thiazole rings is 1. The van der Waals surface area contributed by atoms with Gasteiger partial charge in [0.1, 0.15) is 0 Å². The van der Waals surface area contributed by atoms with Gasteiger partial charge in [-0.05, 0) is 12.1 Å². The fourth-order valence-corrected chi connectivity index (χ4v) is 3.63. The number of carbonyl (C=O) groups is 1. The summed E-state index contributed by atoms with van der Waals surface area (Å²) in [4.78, 5) is 17.0. The average Bonchev–Trinajstić information content (AvgIpc) is 3.15. The Hall–Kier alpha value is -2.13. The van der Waals surface area contributed by atoms with Crippen LogP contribution in [-0.2, 0) is 11.3 Å². The molecular weight excluding hydrogens is 355 g/mol. The first-order valence-corrected chi connectivity index (χ1v) is 8.49. The lowest BCUT2D eigenvalue weighted by Crippen LogP contribution is -2.33. The molecule has 1 fully saturated rings. The smallest absolute Gasteiger partial charge is 0.393 e. The standard InChI is InChI=1S/C16H16F3N3O2S/c17-16(18,19)13-8-22(7-12(13)14(23)24)6-11-9-25-15(21-11)20-10-4-2-1-3-5-10/h1-5,9,12-13H,6-8H2,(H,20,21)(H,23,24)/t12-,13-/m1/s1. The molecule has 1 aromatic heterocycles. The van der Waals surface area contributed by atoms with Gasteiger partial charge in [-0.3, -0.25) is 9.69 Å². The van der Waals surface area contributed by atoms with Crippen LogP contribution in [0.3, 0.4) is 0 Å². The van der Waals surface area contributed by atoms with Crippen LogP contribution in [0, 0.1) is 11.8 Å². The van der Waals surface area contributed by atoms with Crippen molar-refractivity contribution in [1.82, 2.24) is 9.88 Å². The van der Waals surface area contributed by atoms with E-state index in [1.165, 1.54) is 16.2 Å². The highest BCUT2D eigenvalue weighted by molar-refractivity contribution is 7.13. The van der Waals surface area contributed by atoms with Crippen LogP contribution in [0.1, 0.15) is 5.69 Å². The minimum absolute atomic E-state index is 0.127. The van der Waals surface area contributed by atoms with Crippen molar-refractivity contribution >= 4 is 28.1 Å². The molecule has 0 radical (unpaired) electrons. The minimum atomic E-state index is -4.51. The number of nitrogens with one attached hydrogen (secondary N) is 1. The van der Waals surface area contributed by atoms with Crippen molar-refractivity contribution in [3.63, 3.8) is 0 Å². The van der Waals surface area contributed by atoms with Crippen LogP contribution in [0.25, 0.3) is 0 Å². The number of carboxylic acid groups (broad SMARTS) is 1. The first-order chi connectivity index (χ1) is 11.8. The molecule has 0 spiro atoms. The Morgan fingerprint density at radius 3 is 2.64 bits per heavy atom. The maximum Gasteiger partial charge on any atom is 0.393 e. The van der Waals surface area contributed by atoms with Gasteiger partial charge in [0.05, 0.1) is 17.5 Å². The maximum atomic E-state index is 13.0. The highest BCUT2D eigenvalue weighted by Crippen LogP contribution is 2.38. The van der Waals surface area contributed by atoms with Gasteiger partial charge >= 0.3 is 12.1 Å². The second kappa shape index (κ2) is 7.01. The van der Waals surface area contributed by atoms with Gasteiger partial charge in [0.15, 0.2) is 5.13 Å². The van der Waals surface area contributed by atoms with Gasteiger partial charge in [-0.25, -0.2) is 4.98 Å². The summed E-state index contributed by atoms with van der Waals surface area (Å²) in [5, 5.41) is 14.6. The normalized spacial score (nSPS) is 21.4. The topological polar surface area (TPSA) is 65.5 Å². The van der Waals surface area contributed by atoms with Crippen LogP contribution < -0.4 is 5.32 Å². The van der Waals surface area contributed by atoms with E-state index >= 15 is 0 Å². The second-order valence-corrected chi connectivity index (χ2v) is 6.78. The third-order valence-corrected chi connectivity index (χ3v) is 4.90. The fourth-order valence-electron chi connectivity index (χ4n) is 2.91. The van der Waals surface area contributed by atoms with E-state index in [1.54, 1.807) is 5.38 Å². The van der Waals surface area contributed by atoms with E-state index in [4.69, 9.17) is 5.11 Å². The summed E-state index contributed by atoms with van der Waals surface area (Å²) in [6.45, 7) is -0.249. The molecule has 0 bridgehead atoms. The summed E-state index contributed by atoms with van der Waals surface area (Å²) in [5.74, 6) is -4.68. The van der Waals surface area contributed by atoms with Crippen LogP contribution in [0.4, 0.5) is 24.0 Å². The molecule has 5 nitrogen and oxygen atoms in total. The lowest BCUT2D eigenvalue weighted by atomic mass is 9.96. The molecule has 2 heterocycles. The number of hydrogen-bond acceptors (Lipinski definition) is 5. The van der Waals surface area contributed by atoms with Crippen molar-refractivity contribution in [2.24, 2.45) is 11.8 Å². The maximum absolute atomic E-state index is 13.0. The number of rotatable bonds is 5. The highest BCUT2D eigenvalue weighted by Gasteiger charge is 2.52. The van der Waals surface area contributed by atoms with E-state index < -0.39 is 24.0 Å². The minimum Gasteiger partial charge on any atom is -0.481 e. The monoisotopic (exact) mass is 371 g/mol. The number of likely N-dealkylation sites (tertiary alicyclic amines) is 1. The SMILES string of the molecule is O=C(O)[C@@H]1CN(Cc2csc(Nc3ccccc3)n2)C[C@H]1C(F)(F)F. The molecule has 1 aliphatic heterocycles. The molecule has 1 saturated heterocycles. The van der Waals surface area contributed by atoms with Crippen molar-refractivity contribution < 1.29 is 23.1 Å². The largest absolute Gasteiger partial charge is 0.481 e. The Labute approximate surface area is 146 Å². The Bertz CT molecular complexity index is 736. The molecule has 0 saturated carbocycles. The fraction of sp³-hybridized carbons (Fsp3) is 0.375. The third-order valence-electron chi connectivity index (χ3n) is 4.10. The zero-order valence-electron chi connectivity index (χ0n) is 13.0. The molecule has 1 aromatic carbocycles. The number of benzene rings is 1. The quantitative estimate of drug-likeness (QED) is 0.841.